The number of nitrogens with zero attached hydrogens (tertiary/aromatic N) is 7. The molecule has 10 nitrogen and oxygen atoms in total. The molecular formula is C28H20Cl2F4N8O2. The molecule has 3 heterocycles. The molecule has 0 aliphatic carbocycles. The summed E-state index contributed by atoms with van der Waals surface area (Å²) in [6, 6.07) is 13.6. The number of benzene rings is 2. The second-order valence-corrected chi connectivity index (χ2v) is 10.3. The lowest BCUT2D eigenvalue weighted by atomic mass is 9.95. The maximum Gasteiger partial charge on any atom is 0.455 e. The highest BCUT2D eigenvalue weighted by atomic mass is 35.5. The van der Waals surface area contributed by atoms with Crippen LogP contribution in [0.3, 0.4) is 0 Å². The number of tetrazole rings is 1. The van der Waals surface area contributed by atoms with E-state index in [1.807, 2.05) is 0 Å². The first-order valence-corrected chi connectivity index (χ1v) is 13.5. The molecule has 0 bridgehead atoms. The van der Waals surface area contributed by atoms with E-state index in [0.717, 1.165) is 16.3 Å². The third-order valence-corrected chi connectivity index (χ3v) is 7.02. The number of hydrogen-bond donors (Lipinski definition) is 1. The maximum atomic E-state index is 14.7. The minimum absolute atomic E-state index is 0.0585. The van der Waals surface area contributed by atoms with Gasteiger partial charge in [0.2, 0.25) is 0 Å². The Morgan fingerprint density at radius 1 is 1.02 bits per heavy atom. The third-order valence-electron chi connectivity index (χ3n) is 6.48. The van der Waals surface area contributed by atoms with Crippen LogP contribution in [0.4, 0.5) is 17.6 Å². The summed E-state index contributed by atoms with van der Waals surface area (Å²) in [5.41, 5.74) is 1.09. The fourth-order valence-electron chi connectivity index (χ4n) is 4.27. The fourth-order valence-corrected chi connectivity index (χ4v) is 4.60. The largest absolute Gasteiger partial charge is 0.455 e. The van der Waals surface area contributed by atoms with E-state index in [0.29, 0.717) is 9.82 Å². The van der Waals surface area contributed by atoms with E-state index in [-0.39, 0.29) is 52.0 Å². The van der Waals surface area contributed by atoms with E-state index in [1.165, 1.54) is 31.3 Å². The van der Waals surface area contributed by atoms with E-state index >= 15 is 0 Å². The van der Waals surface area contributed by atoms with Crippen LogP contribution in [0.1, 0.15) is 49.1 Å². The Morgan fingerprint density at radius 3 is 2.45 bits per heavy atom. The molecular weight excluding hydrogens is 627 g/mol. The van der Waals surface area contributed by atoms with Crippen LogP contribution in [-0.2, 0) is 25.7 Å². The molecule has 2 aromatic carbocycles. The summed E-state index contributed by atoms with van der Waals surface area (Å²) in [4.78, 5) is 31.8. The maximum absolute atomic E-state index is 14.7. The average Bonchev–Trinajstić information content (AvgIpc) is 3.63. The predicted molar refractivity (Wildman–Crippen MR) is 150 cm³/mol. The molecule has 5 aromatic rings. The number of pyridine rings is 1. The molecule has 0 radical (unpaired) electrons. The van der Waals surface area contributed by atoms with Gasteiger partial charge < -0.3 is 5.32 Å². The van der Waals surface area contributed by atoms with Crippen LogP contribution in [-0.4, -0.2) is 46.7 Å². The number of alkyl halides is 3. The van der Waals surface area contributed by atoms with Gasteiger partial charge in [-0.1, -0.05) is 35.3 Å². The Morgan fingerprint density at radius 2 is 1.77 bits per heavy atom. The van der Waals surface area contributed by atoms with Crippen LogP contribution in [0.25, 0.3) is 5.82 Å². The van der Waals surface area contributed by atoms with Crippen LogP contribution in [0.2, 0.25) is 10.0 Å². The molecule has 44 heavy (non-hydrogen) atoms. The van der Waals surface area contributed by atoms with Crippen molar-refractivity contribution in [1.29, 1.82) is 0 Å². The highest BCUT2D eigenvalue weighted by Crippen LogP contribution is 2.26. The highest BCUT2D eigenvalue weighted by Gasteiger charge is 2.37. The molecule has 0 atom stereocenters. The van der Waals surface area contributed by atoms with Gasteiger partial charge in [-0.2, -0.15) is 23.1 Å². The van der Waals surface area contributed by atoms with Crippen molar-refractivity contribution in [2.75, 3.05) is 0 Å². The Hall–Kier alpha value is -4.69. The van der Waals surface area contributed by atoms with Gasteiger partial charge in [-0.05, 0) is 71.3 Å². The van der Waals surface area contributed by atoms with Gasteiger partial charge in [-0.3, -0.25) is 9.59 Å². The Balaban J connectivity index is 1.47. The van der Waals surface area contributed by atoms with Gasteiger partial charge in [0.15, 0.2) is 11.6 Å². The van der Waals surface area contributed by atoms with Gasteiger partial charge in [-0.15, -0.1) is 10.2 Å². The van der Waals surface area contributed by atoms with Crippen LogP contribution >= 0.6 is 23.2 Å². The van der Waals surface area contributed by atoms with Gasteiger partial charge in [0, 0.05) is 29.7 Å². The van der Waals surface area contributed by atoms with Crippen LogP contribution < -0.4 is 5.32 Å². The zero-order chi connectivity index (χ0) is 31.6. The van der Waals surface area contributed by atoms with Crippen molar-refractivity contribution >= 4 is 34.9 Å². The van der Waals surface area contributed by atoms with Gasteiger partial charge >= 0.3 is 6.18 Å². The number of halogens is 6. The van der Waals surface area contributed by atoms with E-state index in [1.54, 1.807) is 30.3 Å². The standard InChI is InChI=1S/C28H20Cl2F4N8O2/c1-15-20(19(8-9-22(15)31)26(44)36-13-16-4-6-17(29)7-5-16)12-24(43)23-11-18(14-41-39-27(37-40-41)28(32,33)34)38-42(23)25-21(30)3-2-10-35-25/h2-11H,12-14H2,1H3,(H,36,44). The second-order valence-electron chi connectivity index (χ2n) is 9.49. The van der Waals surface area contributed by atoms with Crippen molar-refractivity contribution in [3.63, 3.8) is 0 Å². The molecule has 5 rings (SSSR count). The molecule has 226 valence electrons. The summed E-state index contributed by atoms with van der Waals surface area (Å²) in [5.74, 6) is -3.15. The number of ketones is 1. The van der Waals surface area contributed by atoms with E-state index in [2.05, 4.69) is 30.8 Å². The normalized spacial score (nSPS) is 11.5. The minimum Gasteiger partial charge on any atom is -0.348 e. The quantitative estimate of drug-likeness (QED) is 0.167. The number of hydrogen-bond acceptors (Lipinski definition) is 7. The van der Waals surface area contributed by atoms with Crippen LogP contribution in [0.15, 0.2) is 60.8 Å². The lowest BCUT2D eigenvalue weighted by molar-refractivity contribution is -0.145. The van der Waals surface area contributed by atoms with E-state index < -0.39 is 35.9 Å². The Kier molecular flexibility index (Phi) is 8.74. The molecule has 16 heteroatoms. The number of rotatable bonds is 9. The molecule has 0 fully saturated rings. The number of aromatic nitrogens is 7. The smallest absolute Gasteiger partial charge is 0.348 e. The van der Waals surface area contributed by atoms with E-state index in [9.17, 15) is 27.2 Å². The van der Waals surface area contributed by atoms with Gasteiger partial charge in [0.25, 0.3) is 11.7 Å². The molecule has 1 N–H and O–H groups in total. The Labute approximate surface area is 256 Å². The molecule has 0 aliphatic heterocycles. The summed E-state index contributed by atoms with van der Waals surface area (Å²) < 4.78 is 54.7. The van der Waals surface area contributed by atoms with Gasteiger partial charge in [0.05, 0.1) is 10.7 Å². The predicted octanol–water partition coefficient (Wildman–Crippen LogP) is 5.43. The van der Waals surface area contributed by atoms with Gasteiger partial charge in [0.1, 0.15) is 18.1 Å². The fraction of sp³-hybridized carbons (Fsp3) is 0.179. The van der Waals surface area contributed by atoms with Crippen LogP contribution in [0.5, 0.6) is 0 Å². The SMILES string of the molecule is Cc1c(F)ccc(C(=O)NCc2ccc(Cl)cc2)c1CC(=O)c1cc(Cn2nnc(C(F)(F)F)n2)nn1-c1ncccc1Cl. The first-order valence-electron chi connectivity index (χ1n) is 12.8. The molecule has 0 unspecified atom stereocenters. The summed E-state index contributed by atoms with van der Waals surface area (Å²) in [6.45, 7) is 1.22. The third kappa shape index (κ3) is 6.76. The highest BCUT2D eigenvalue weighted by molar-refractivity contribution is 6.32. The number of nitrogens with one attached hydrogen (secondary N) is 1. The average molecular weight is 647 g/mol. The molecule has 3 aromatic heterocycles. The van der Waals surface area contributed by atoms with E-state index in [4.69, 9.17) is 23.2 Å². The van der Waals surface area contributed by atoms with Crippen molar-refractivity contribution in [3.8, 4) is 5.82 Å². The number of Topliss-reactive ketones (excluding diaryl/α,β-unsaturated/α-hetero) is 1. The van der Waals surface area contributed by atoms with Crippen molar-refractivity contribution in [2.24, 2.45) is 0 Å². The van der Waals surface area contributed by atoms with Crippen molar-refractivity contribution in [2.45, 2.75) is 32.6 Å². The molecule has 0 aliphatic rings. The Bertz CT molecular complexity index is 1860. The van der Waals surface area contributed by atoms with Crippen molar-refractivity contribution in [3.05, 3.63) is 116 Å². The lowest BCUT2D eigenvalue weighted by Gasteiger charge is -2.14. The van der Waals surface area contributed by atoms with Crippen molar-refractivity contribution < 1.29 is 27.2 Å². The first kappa shape index (κ1) is 30.8. The summed E-state index contributed by atoms with van der Waals surface area (Å²) >= 11 is 12.2. The minimum atomic E-state index is -4.80. The van der Waals surface area contributed by atoms with Crippen LogP contribution in [0, 0.1) is 12.7 Å². The zero-order valence-electron chi connectivity index (χ0n) is 22.6. The molecule has 0 spiro atoms. The molecule has 1 amide bonds. The summed E-state index contributed by atoms with van der Waals surface area (Å²) in [5, 5.41) is 17.5. The lowest BCUT2D eigenvalue weighted by Crippen LogP contribution is -2.25. The molecule has 0 saturated carbocycles. The zero-order valence-corrected chi connectivity index (χ0v) is 24.1. The number of carbonyl (C=O) groups is 2. The number of carbonyl (C=O) groups excluding carboxylic acids is 2. The topological polar surface area (TPSA) is 120 Å². The monoisotopic (exact) mass is 646 g/mol. The van der Waals surface area contributed by atoms with Gasteiger partial charge in [-0.25, -0.2) is 14.1 Å². The summed E-state index contributed by atoms with van der Waals surface area (Å²) in [6.07, 6.45) is -3.82. The molecule has 0 saturated heterocycles. The second kappa shape index (κ2) is 12.5. The first-order chi connectivity index (χ1) is 20.9. The number of amides is 1. The van der Waals surface area contributed by atoms with Crippen molar-refractivity contribution in [1.82, 2.24) is 40.3 Å². The summed E-state index contributed by atoms with van der Waals surface area (Å²) in [7, 11) is 0.